The van der Waals surface area contributed by atoms with Gasteiger partial charge in [0.05, 0.1) is 20.3 Å². The van der Waals surface area contributed by atoms with Crippen LogP contribution in [0, 0.1) is 0 Å². The number of aliphatic carboxylic acids is 1. The number of carboxylic acids is 1. The van der Waals surface area contributed by atoms with Crippen LogP contribution in [0.5, 0.6) is 0 Å². The molecule has 0 bridgehead atoms. The molecule has 2 saturated heterocycles. The molecule has 2 aliphatic rings. The second kappa shape index (κ2) is 28.0. The Kier molecular flexibility index (Phi) is 28.4. The van der Waals surface area contributed by atoms with Gasteiger partial charge in [-0.3, -0.25) is 4.79 Å². The number of epoxide rings is 1. The molecule has 2 rings (SSSR count). The minimum absolute atomic E-state index is 0.142. The number of nitrogens with zero attached hydrogens (tertiary/aromatic N) is 1. The molecule has 0 saturated carbocycles. The molecular formula is C29H45NO10. The number of carbonyl (C=O) groups excluding carboxylic acids is 4. The lowest BCUT2D eigenvalue weighted by atomic mass is 10.2. The highest BCUT2D eigenvalue weighted by atomic mass is 16.6. The minimum atomic E-state index is -0.981. The third kappa shape index (κ3) is 30.2. The summed E-state index contributed by atoms with van der Waals surface area (Å²) in [6.07, 6.45) is 11.1. The van der Waals surface area contributed by atoms with Gasteiger partial charge in [0.15, 0.2) is 0 Å². The van der Waals surface area contributed by atoms with E-state index in [1.54, 1.807) is 18.0 Å². The fraction of sp³-hybridized carbons (Fsp3) is 0.483. The predicted molar refractivity (Wildman–Crippen MR) is 152 cm³/mol. The third-order valence-corrected chi connectivity index (χ3v) is 4.43. The largest absolute Gasteiger partial charge is 0.478 e. The first-order valence-electron chi connectivity index (χ1n) is 12.6. The lowest BCUT2D eigenvalue weighted by molar-refractivity contribution is -0.139. The molecule has 0 aromatic carbocycles. The highest BCUT2D eigenvalue weighted by Gasteiger charge is 2.24. The summed E-state index contributed by atoms with van der Waals surface area (Å²) in [6, 6.07) is 0. The van der Waals surface area contributed by atoms with Crippen molar-refractivity contribution in [2.45, 2.75) is 58.5 Å². The Morgan fingerprint density at radius 1 is 1.02 bits per heavy atom. The van der Waals surface area contributed by atoms with E-state index in [1.807, 2.05) is 0 Å². The molecule has 1 unspecified atom stereocenters. The lowest BCUT2D eigenvalue weighted by Crippen LogP contribution is -2.16. The van der Waals surface area contributed by atoms with Gasteiger partial charge in [0.2, 0.25) is 5.91 Å². The van der Waals surface area contributed by atoms with Gasteiger partial charge < -0.3 is 29.0 Å². The zero-order chi connectivity index (χ0) is 31.3. The van der Waals surface area contributed by atoms with Crippen molar-refractivity contribution in [2.24, 2.45) is 0 Å². The smallest absolute Gasteiger partial charge is 0.333 e. The Balaban J connectivity index is -0.000000440. The van der Waals surface area contributed by atoms with Crippen molar-refractivity contribution in [3.05, 3.63) is 62.9 Å². The normalized spacial score (nSPS) is 13.7. The van der Waals surface area contributed by atoms with Crippen LogP contribution in [0.2, 0.25) is 0 Å². The SMILES string of the molecule is C=C(C)C(=O)OCC1CO1.C=CC(=O)O.C=CC(=O)OC.C=CC(=O)OCCCCCC.C=CN1CCCC1=O. The summed E-state index contributed by atoms with van der Waals surface area (Å²) in [4.78, 5) is 52.6. The van der Waals surface area contributed by atoms with Crippen molar-refractivity contribution in [3.8, 4) is 0 Å². The fourth-order valence-corrected chi connectivity index (χ4v) is 2.16. The van der Waals surface area contributed by atoms with Gasteiger partial charge in [0.1, 0.15) is 12.7 Å². The molecule has 0 spiro atoms. The standard InChI is InChI=1S/C9H16O2.C7H10O3.C6H9NO.C4H6O2.C3H4O2/c1-3-5-6-7-8-11-9(10)4-2;1-5(2)7(8)10-4-6-3-9-6;1-2-7-5-3-4-6(7)8;1-3-4(5)6-2;1-2-3(4)5/h4H,2-3,5-8H2,1H3;6H,1,3-4H2,2H3;2H,1,3-5H2;3H,1H2,2H3;2H,1H2,(H,4,5). The Morgan fingerprint density at radius 2 is 1.60 bits per heavy atom. The molecule has 11 nitrogen and oxygen atoms in total. The molecule has 1 amide bonds. The second-order valence-electron chi connectivity index (χ2n) is 7.91. The Bertz CT molecular complexity index is 831. The first-order chi connectivity index (χ1) is 18.9. The topological polar surface area (TPSA) is 149 Å². The van der Waals surface area contributed by atoms with Gasteiger partial charge in [-0.25, -0.2) is 19.2 Å². The van der Waals surface area contributed by atoms with Crippen LogP contribution in [-0.2, 0) is 42.9 Å². The zero-order valence-electron chi connectivity index (χ0n) is 24.1. The van der Waals surface area contributed by atoms with E-state index in [4.69, 9.17) is 19.3 Å². The highest BCUT2D eigenvalue weighted by molar-refractivity contribution is 5.87. The van der Waals surface area contributed by atoms with Gasteiger partial charge in [-0.2, -0.15) is 0 Å². The maximum atomic E-state index is 10.7. The van der Waals surface area contributed by atoms with E-state index in [-0.39, 0.29) is 23.9 Å². The molecule has 1 N–H and O–H groups in total. The molecule has 2 heterocycles. The van der Waals surface area contributed by atoms with Crippen LogP contribution in [-0.4, -0.2) is 79.4 Å². The number of carboxylic acid groups (broad SMARTS) is 1. The second-order valence-corrected chi connectivity index (χ2v) is 7.91. The maximum absolute atomic E-state index is 10.7. The van der Waals surface area contributed by atoms with Crippen LogP contribution in [0.15, 0.2) is 62.9 Å². The molecule has 0 aromatic heterocycles. The van der Waals surface area contributed by atoms with E-state index in [0.29, 0.717) is 31.8 Å². The number of carbonyl (C=O) groups is 5. The third-order valence-electron chi connectivity index (χ3n) is 4.43. The average molecular weight is 568 g/mol. The summed E-state index contributed by atoms with van der Waals surface area (Å²) in [6.45, 7) is 22.6. The van der Waals surface area contributed by atoms with Crippen molar-refractivity contribution < 1.29 is 48.0 Å². The fourth-order valence-electron chi connectivity index (χ4n) is 2.16. The van der Waals surface area contributed by atoms with Crippen molar-refractivity contribution >= 4 is 29.8 Å². The van der Waals surface area contributed by atoms with Crippen LogP contribution in [0.1, 0.15) is 52.4 Å². The molecule has 2 fully saturated rings. The number of ether oxygens (including phenoxy) is 4. The molecule has 2 aliphatic heterocycles. The maximum Gasteiger partial charge on any atom is 0.333 e. The number of esters is 3. The van der Waals surface area contributed by atoms with E-state index in [1.165, 1.54) is 26.0 Å². The van der Waals surface area contributed by atoms with Crippen LogP contribution >= 0.6 is 0 Å². The number of rotatable bonds is 12. The van der Waals surface area contributed by atoms with E-state index in [2.05, 4.69) is 44.6 Å². The number of hydrogen-bond acceptors (Lipinski definition) is 9. The molecule has 0 radical (unpaired) electrons. The number of unbranched alkanes of at least 4 members (excludes halogenated alkanes) is 3. The van der Waals surface area contributed by atoms with Crippen molar-refractivity contribution in [1.29, 1.82) is 0 Å². The van der Waals surface area contributed by atoms with E-state index < -0.39 is 11.9 Å². The van der Waals surface area contributed by atoms with Crippen molar-refractivity contribution in [3.63, 3.8) is 0 Å². The van der Waals surface area contributed by atoms with Gasteiger partial charge in [-0.1, -0.05) is 59.1 Å². The summed E-state index contributed by atoms with van der Waals surface area (Å²) in [5.74, 6) is -1.82. The molecule has 11 heteroatoms. The van der Waals surface area contributed by atoms with Crippen molar-refractivity contribution in [1.82, 2.24) is 4.90 Å². The quantitative estimate of drug-likeness (QED) is 0.120. The number of hydrogen-bond donors (Lipinski definition) is 1. The first-order valence-corrected chi connectivity index (χ1v) is 12.6. The molecule has 226 valence electrons. The Morgan fingerprint density at radius 3 is 1.90 bits per heavy atom. The minimum Gasteiger partial charge on any atom is -0.478 e. The molecular weight excluding hydrogens is 522 g/mol. The molecule has 0 aromatic rings. The van der Waals surface area contributed by atoms with Gasteiger partial charge in [-0.15, -0.1) is 0 Å². The van der Waals surface area contributed by atoms with Crippen LogP contribution in [0.3, 0.4) is 0 Å². The van der Waals surface area contributed by atoms with E-state index in [0.717, 1.165) is 38.0 Å². The molecule has 0 aliphatic carbocycles. The van der Waals surface area contributed by atoms with Gasteiger partial charge in [0, 0.05) is 36.8 Å². The van der Waals surface area contributed by atoms with Crippen LogP contribution in [0.4, 0.5) is 0 Å². The van der Waals surface area contributed by atoms with E-state index >= 15 is 0 Å². The molecule has 40 heavy (non-hydrogen) atoms. The molecule has 1 atom stereocenters. The zero-order valence-corrected chi connectivity index (χ0v) is 24.1. The number of amides is 1. The average Bonchev–Trinajstić information content (AvgIpc) is 3.70. The summed E-state index contributed by atoms with van der Waals surface area (Å²) >= 11 is 0. The summed E-state index contributed by atoms with van der Waals surface area (Å²) in [5, 5.41) is 7.60. The van der Waals surface area contributed by atoms with Crippen LogP contribution in [0.25, 0.3) is 0 Å². The van der Waals surface area contributed by atoms with Gasteiger partial charge in [0.25, 0.3) is 0 Å². The summed E-state index contributed by atoms with van der Waals surface area (Å²) in [5.41, 5.74) is 0.431. The van der Waals surface area contributed by atoms with Gasteiger partial charge >= 0.3 is 23.9 Å². The summed E-state index contributed by atoms with van der Waals surface area (Å²) in [7, 11) is 1.31. The van der Waals surface area contributed by atoms with Crippen LogP contribution < -0.4 is 0 Å². The highest BCUT2D eigenvalue weighted by Crippen LogP contribution is 2.09. The lowest BCUT2D eigenvalue weighted by Gasteiger charge is -2.05. The number of methoxy groups -OCH3 is 1. The monoisotopic (exact) mass is 567 g/mol. The van der Waals surface area contributed by atoms with Crippen molar-refractivity contribution in [2.75, 3.05) is 33.5 Å². The summed E-state index contributed by atoms with van der Waals surface area (Å²) < 4.78 is 18.5. The predicted octanol–water partition coefficient (Wildman–Crippen LogP) is 4.16. The van der Waals surface area contributed by atoms with Gasteiger partial charge in [-0.05, 0) is 26.0 Å². The number of likely N-dealkylation sites (tertiary alicyclic amines) is 1. The van der Waals surface area contributed by atoms with E-state index in [9.17, 15) is 24.0 Å². The Labute approximate surface area is 237 Å². The Hall–Kier alpha value is -3.99. The first kappa shape index (κ1) is 40.5.